The molecule has 0 aliphatic carbocycles. The van der Waals surface area contributed by atoms with Gasteiger partial charge in [-0.15, -0.1) is 6.58 Å². The lowest BCUT2D eigenvalue weighted by Gasteiger charge is -2.10. The smallest absolute Gasteiger partial charge is 0.299 e. The zero-order valence-corrected chi connectivity index (χ0v) is 9.90. The fourth-order valence-electron chi connectivity index (χ4n) is 1.28. The Morgan fingerprint density at radius 2 is 2.41 bits per heavy atom. The third-order valence-electron chi connectivity index (χ3n) is 2.03. The molecular formula is C11H15N3O3. The summed E-state index contributed by atoms with van der Waals surface area (Å²) in [5.74, 6) is -0.295. The van der Waals surface area contributed by atoms with Crippen molar-refractivity contribution in [2.45, 2.75) is 13.5 Å². The Labute approximate surface area is 98.9 Å². The summed E-state index contributed by atoms with van der Waals surface area (Å²) in [5.41, 5.74) is 0.234. The first-order valence-electron chi connectivity index (χ1n) is 5.08. The average molecular weight is 237 g/mol. The van der Waals surface area contributed by atoms with E-state index in [9.17, 15) is 9.59 Å². The van der Waals surface area contributed by atoms with Crippen LogP contribution in [0.5, 0.6) is 6.01 Å². The van der Waals surface area contributed by atoms with Gasteiger partial charge in [-0.05, 0) is 6.92 Å². The number of carbonyl (C=O) groups excluding carboxylic acids is 1. The number of methoxy groups -OCH3 is 1. The second-order valence-electron chi connectivity index (χ2n) is 3.40. The standard InChI is InChI=1S/C11H15N3O3/c1-4-5-12-9(15)7-14-10(16)6-8(2)13-11(14)17-3/h4,6H,1,5,7H2,2-3H3,(H,12,15). The summed E-state index contributed by atoms with van der Waals surface area (Å²) in [4.78, 5) is 27.2. The number of rotatable bonds is 5. The predicted molar refractivity (Wildman–Crippen MR) is 63.0 cm³/mol. The molecule has 0 aliphatic heterocycles. The van der Waals surface area contributed by atoms with Crippen LogP contribution in [0.15, 0.2) is 23.5 Å². The maximum Gasteiger partial charge on any atom is 0.299 e. The summed E-state index contributed by atoms with van der Waals surface area (Å²) in [6.07, 6.45) is 1.56. The summed E-state index contributed by atoms with van der Waals surface area (Å²) < 4.78 is 6.14. The highest BCUT2D eigenvalue weighted by Crippen LogP contribution is 2.03. The first kappa shape index (κ1) is 13.0. The van der Waals surface area contributed by atoms with E-state index in [1.54, 1.807) is 13.0 Å². The van der Waals surface area contributed by atoms with Crippen LogP contribution in [-0.4, -0.2) is 29.1 Å². The molecule has 1 amide bonds. The molecule has 0 aromatic carbocycles. The average Bonchev–Trinajstić information content (AvgIpc) is 2.29. The maximum absolute atomic E-state index is 11.7. The van der Waals surface area contributed by atoms with Gasteiger partial charge in [0, 0.05) is 18.3 Å². The topological polar surface area (TPSA) is 73.2 Å². The maximum atomic E-state index is 11.7. The number of aromatic nitrogens is 2. The molecule has 0 atom stereocenters. The van der Waals surface area contributed by atoms with Gasteiger partial charge in [-0.25, -0.2) is 4.98 Å². The van der Waals surface area contributed by atoms with E-state index in [0.29, 0.717) is 12.2 Å². The normalized spacial score (nSPS) is 9.76. The lowest BCUT2D eigenvalue weighted by atomic mass is 10.4. The van der Waals surface area contributed by atoms with Crippen molar-refractivity contribution >= 4 is 5.91 Å². The van der Waals surface area contributed by atoms with Crippen LogP contribution in [0.1, 0.15) is 5.69 Å². The number of nitrogens with one attached hydrogen (secondary N) is 1. The number of hydrogen-bond donors (Lipinski definition) is 1. The number of carbonyl (C=O) groups is 1. The number of ether oxygens (including phenoxy) is 1. The van der Waals surface area contributed by atoms with E-state index in [2.05, 4.69) is 16.9 Å². The van der Waals surface area contributed by atoms with Gasteiger partial charge in [0.1, 0.15) is 6.54 Å². The van der Waals surface area contributed by atoms with Crippen LogP contribution in [0, 0.1) is 6.92 Å². The molecule has 0 fully saturated rings. The SMILES string of the molecule is C=CCNC(=O)Cn1c(OC)nc(C)cc1=O. The molecule has 1 rings (SSSR count). The fraction of sp³-hybridized carbons (Fsp3) is 0.364. The molecule has 0 unspecified atom stereocenters. The van der Waals surface area contributed by atoms with Crippen LogP contribution in [0.25, 0.3) is 0 Å². The van der Waals surface area contributed by atoms with Gasteiger partial charge in [0.25, 0.3) is 11.6 Å². The highest BCUT2D eigenvalue weighted by molar-refractivity contribution is 5.75. The molecule has 0 saturated carbocycles. The van der Waals surface area contributed by atoms with Gasteiger partial charge < -0.3 is 10.1 Å². The minimum Gasteiger partial charge on any atom is -0.468 e. The van der Waals surface area contributed by atoms with E-state index in [4.69, 9.17) is 4.74 Å². The highest BCUT2D eigenvalue weighted by atomic mass is 16.5. The lowest BCUT2D eigenvalue weighted by Crippen LogP contribution is -2.33. The van der Waals surface area contributed by atoms with Crippen LogP contribution >= 0.6 is 0 Å². The summed E-state index contributed by atoms with van der Waals surface area (Å²) in [7, 11) is 1.40. The van der Waals surface area contributed by atoms with Gasteiger partial charge in [0.05, 0.1) is 7.11 Å². The largest absolute Gasteiger partial charge is 0.468 e. The van der Waals surface area contributed by atoms with Gasteiger partial charge in [0.15, 0.2) is 0 Å². The second kappa shape index (κ2) is 5.83. The molecule has 0 spiro atoms. The van der Waals surface area contributed by atoms with Gasteiger partial charge in [-0.2, -0.15) is 0 Å². The Morgan fingerprint density at radius 3 is 3.00 bits per heavy atom. The van der Waals surface area contributed by atoms with Crippen molar-refractivity contribution in [2.24, 2.45) is 0 Å². The lowest BCUT2D eigenvalue weighted by molar-refractivity contribution is -0.121. The Morgan fingerprint density at radius 1 is 1.71 bits per heavy atom. The van der Waals surface area contributed by atoms with Crippen LogP contribution < -0.4 is 15.6 Å². The highest BCUT2D eigenvalue weighted by Gasteiger charge is 2.10. The minimum absolute atomic E-state index is 0.122. The minimum atomic E-state index is -0.317. The molecule has 1 aromatic rings. The third kappa shape index (κ3) is 3.44. The predicted octanol–water partition coefficient (Wildman–Crippen LogP) is -0.137. The van der Waals surface area contributed by atoms with Crippen molar-refractivity contribution in [3.63, 3.8) is 0 Å². The van der Waals surface area contributed by atoms with E-state index < -0.39 is 0 Å². The molecule has 0 saturated heterocycles. The first-order valence-corrected chi connectivity index (χ1v) is 5.08. The Bertz CT molecular complexity index is 479. The van der Waals surface area contributed by atoms with Gasteiger partial charge in [-0.1, -0.05) is 6.08 Å². The van der Waals surface area contributed by atoms with Crippen LogP contribution in [-0.2, 0) is 11.3 Å². The zero-order chi connectivity index (χ0) is 12.8. The van der Waals surface area contributed by atoms with Crippen LogP contribution in [0.4, 0.5) is 0 Å². The van der Waals surface area contributed by atoms with Crippen molar-refractivity contribution in [3.05, 3.63) is 34.8 Å². The van der Waals surface area contributed by atoms with Gasteiger partial charge in [-0.3, -0.25) is 14.2 Å². The Balaban J connectivity index is 2.93. The van der Waals surface area contributed by atoms with E-state index in [-0.39, 0.29) is 24.0 Å². The van der Waals surface area contributed by atoms with Crippen molar-refractivity contribution in [1.29, 1.82) is 0 Å². The van der Waals surface area contributed by atoms with Crippen molar-refractivity contribution in [1.82, 2.24) is 14.9 Å². The number of amides is 1. The molecular weight excluding hydrogens is 222 g/mol. The van der Waals surface area contributed by atoms with E-state index in [1.165, 1.54) is 17.7 Å². The molecule has 1 N–H and O–H groups in total. The van der Waals surface area contributed by atoms with Gasteiger partial charge in [0.2, 0.25) is 5.91 Å². The van der Waals surface area contributed by atoms with Crippen LogP contribution in [0.2, 0.25) is 0 Å². The fourth-order valence-corrected chi connectivity index (χ4v) is 1.28. The quantitative estimate of drug-likeness (QED) is 0.723. The Hall–Kier alpha value is -2.11. The van der Waals surface area contributed by atoms with E-state index in [1.807, 2.05) is 0 Å². The molecule has 0 bridgehead atoms. The molecule has 0 aliphatic rings. The molecule has 1 heterocycles. The molecule has 17 heavy (non-hydrogen) atoms. The third-order valence-corrected chi connectivity index (χ3v) is 2.03. The van der Waals surface area contributed by atoms with E-state index in [0.717, 1.165) is 0 Å². The molecule has 6 nitrogen and oxygen atoms in total. The molecule has 6 heteroatoms. The molecule has 92 valence electrons. The number of nitrogens with zero attached hydrogens (tertiary/aromatic N) is 2. The first-order chi connectivity index (χ1) is 8.08. The summed E-state index contributed by atoms with van der Waals surface area (Å²) in [5, 5.41) is 2.57. The Kier molecular flexibility index (Phi) is 4.45. The molecule has 1 aromatic heterocycles. The second-order valence-corrected chi connectivity index (χ2v) is 3.40. The monoisotopic (exact) mass is 237 g/mol. The molecule has 0 radical (unpaired) electrons. The van der Waals surface area contributed by atoms with Crippen LogP contribution in [0.3, 0.4) is 0 Å². The van der Waals surface area contributed by atoms with Crippen molar-refractivity contribution in [3.8, 4) is 6.01 Å². The van der Waals surface area contributed by atoms with E-state index >= 15 is 0 Å². The zero-order valence-electron chi connectivity index (χ0n) is 9.90. The summed E-state index contributed by atoms with van der Waals surface area (Å²) in [6, 6.07) is 1.48. The number of hydrogen-bond acceptors (Lipinski definition) is 4. The summed E-state index contributed by atoms with van der Waals surface area (Å²) >= 11 is 0. The van der Waals surface area contributed by atoms with Crippen molar-refractivity contribution < 1.29 is 9.53 Å². The summed E-state index contributed by atoms with van der Waals surface area (Å²) in [6.45, 7) is 5.40. The number of aryl methyl sites for hydroxylation is 1. The van der Waals surface area contributed by atoms with Crippen molar-refractivity contribution in [2.75, 3.05) is 13.7 Å². The van der Waals surface area contributed by atoms with Gasteiger partial charge >= 0.3 is 0 Å².